The van der Waals surface area contributed by atoms with Gasteiger partial charge in [0.15, 0.2) is 0 Å². The van der Waals surface area contributed by atoms with Crippen molar-refractivity contribution in [3.63, 3.8) is 0 Å². The summed E-state index contributed by atoms with van der Waals surface area (Å²) in [4.78, 5) is 12.3. The number of rotatable bonds is 7. The van der Waals surface area contributed by atoms with Crippen molar-refractivity contribution in [2.75, 3.05) is 12.4 Å². The van der Waals surface area contributed by atoms with Gasteiger partial charge >= 0.3 is 0 Å². The van der Waals surface area contributed by atoms with Crippen molar-refractivity contribution < 1.29 is 4.79 Å². The van der Waals surface area contributed by atoms with Crippen molar-refractivity contribution in [1.29, 1.82) is 0 Å². The van der Waals surface area contributed by atoms with E-state index in [0.29, 0.717) is 18.3 Å². The van der Waals surface area contributed by atoms with Gasteiger partial charge in [-0.3, -0.25) is 4.79 Å². The van der Waals surface area contributed by atoms with Crippen LogP contribution in [-0.2, 0) is 0 Å². The highest BCUT2D eigenvalue weighted by Crippen LogP contribution is 2.15. The van der Waals surface area contributed by atoms with Crippen LogP contribution in [0.25, 0.3) is 0 Å². The number of hydrogen-bond donors (Lipinski definition) is 1. The average Bonchev–Trinajstić information content (AvgIpc) is 2.36. The number of aryl methyl sites for hydroxylation is 2. The molecule has 1 amide bonds. The molecule has 1 aromatic rings. The summed E-state index contributed by atoms with van der Waals surface area (Å²) >= 11 is 5.80. The molecule has 0 spiro atoms. The number of hydrogen-bond acceptors (Lipinski definition) is 1. The molecule has 106 valence electrons. The van der Waals surface area contributed by atoms with Crippen LogP contribution in [-0.4, -0.2) is 18.3 Å². The fourth-order valence-electron chi connectivity index (χ4n) is 2.41. The second kappa shape index (κ2) is 8.21. The number of amides is 1. The molecule has 0 aliphatic rings. The lowest BCUT2D eigenvalue weighted by Gasteiger charge is -2.17. The van der Waals surface area contributed by atoms with Gasteiger partial charge in [-0.1, -0.05) is 31.5 Å². The second-order valence-corrected chi connectivity index (χ2v) is 5.49. The summed E-state index contributed by atoms with van der Waals surface area (Å²) in [5.74, 6) is 1.17. The molecule has 1 aromatic carbocycles. The number of alkyl halides is 1. The molecule has 1 rings (SSSR count). The van der Waals surface area contributed by atoms with Gasteiger partial charge in [-0.2, -0.15) is 0 Å². The van der Waals surface area contributed by atoms with Crippen LogP contribution in [0, 0.1) is 19.8 Å². The first-order chi connectivity index (χ1) is 9.10. The van der Waals surface area contributed by atoms with Gasteiger partial charge in [0.2, 0.25) is 0 Å². The molecule has 0 radical (unpaired) electrons. The van der Waals surface area contributed by atoms with Gasteiger partial charge in [-0.05, 0) is 43.7 Å². The van der Waals surface area contributed by atoms with Gasteiger partial charge < -0.3 is 5.32 Å². The Morgan fingerprint density at radius 3 is 2.42 bits per heavy atom. The molecule has 0 aliphatic carbocycles. The Labute approximate surface area is 121 Å². The standard InChI is InChI=1S/C16H24ClNO/c1-4-6-14(9-10-17)11-18-16(19)15-12(2)7-5-8-13(15)3/h5,7-8,14H,4,6,9-11H2,1-3H3,(H,18,19). The molecule has 1 unspecified atom stereocenters. The summed E-state index contributed by atoms with van der Waals surface area (Å²) in [6, 6.07) is 5.93. The Morgan fingerprint density at radius 1 is 1.26 bits per heavy atom. The highest BCUT2D eigenvalue weighted by Gasteiger charge is 2.14. The first-order valence-corrected chi connectivity index (χ1v) is 7.54. The highest BCUT2D eigenvalue weighted by molar-refractivity contribution is 6.17. The van der Waals surface area contributed by atoms with E-state index in [1.165, 1.54) is 0 Å². The van der Waals surface area contributed by atoms with E-state index >= 15 is 0 Å². The Hall–Kier alpha value is -1.02. The minimum Gasteiger partial charge on any atom is -0.352 e. The van der Waals surface area contributed by atoms with Crippen molar-refractivity contribution in [3.05, 3.63) is 34.9 Å². The van der Waals surface area contributed by atoms with Crippen molar-refractivity contribution >= 4 is 17.5 Å². The number of benzene rings is 1. The maximum Gasteiger partial charge on any atom is 0.251 e. The lowest BCUT2D eigenvalue weighted by molar-refractivity contribution is 0.0944. The molecule has 0 bridgehead atoms. The number of carbonyl (C=O) groups excluding carboxylic acids is 1. The predicted molar refractivity (Wildman–Crippen MR) is 82.0 cm³/mol. The average molecular weight is 282 g/mol. The molecule has 0 saturated heterocycles. The van der Waals surface area contributed by atoms with E-state index < -0.39 is 0 Å². The number of nitrogens with one attached hydrogen (secondary N) is 1. The monoisotopic (exact) mass is 281 g/mol. The second-order valence-electron chi connectivity index (χ2n) is 5.11. The summed E-state index contributed by atoms with van der Waals surface area (Å²) in [6.07, 6.45) is 3.20. The maximum atomic E-state index is 12.3. The molecule has 0 aliphatic heterocycles. The van der Waals surface area contributed by atoms with Crippen molar-refractivity contribution in [2.24, 2.45) is 5.92 Å². The quantitative estimate of drug-likeness (QED) is 0.750. The Bertz CT molecular complexity index is 391. The zero-order valence-corrected chi connectivity index (χ0v) is 12.9. The Kier molecular flexibility index (Phi) is 6.93. The Balaban J connectivity index is 2.64. The number of halogens is 1. The summed E-state index contributed by atoms with van der Waals surface area (Å²) in [5, 5.41) is 3.05. The smallest absolute Gasteiger partial charge is 0.251 e. The third kappa shape index (κ3) is 4.87. The van der Waals surface area contributed by atoms with E-state index in [1.807, 2.05) is 32.0 Å². The SMILES string of the molecule is CCCC(CCCl)CNC(=O)c1c(C)cccc1C. The minimum atomic E-state index is 0.0336. The summed E-state index contributed by atoms with van der Waals surface area (Å²) in [7, 11) is 0. The topological polar surface area (TPSA) is 29.1 Å². The molecule has 2 nitrogen and oxygen atoms in total. The van der Waals surface area contributed by atoms with Gasteiger partial charge in [0.1, 0.15) is 0 Å². The lowest BCUT2D eigenvalue weighted by atomic mass is 9.99. The predicted octanol–water partition coefficient (Wildman–Crippen LogP) is 4.08. The van der Waals surface area contributed by atoms with E-state index in [1.54, 1.807) is 0 Å². The molecular formula is C16H24ClNO. The minimum absolute atomic E-state index is 0.0336. The molecule has 0 aromatic heterocycles. The maximum absolute atomic E-state index is 12.3. The van der Waals surface area contributed by atoms with Crippen LogP contribution in [0.3, 0.4) is 0 Å². The molecule has 19 heavy (non-hydrogen) atoms. The Morgan fingerprint density at radius 2 is 1.89 bits per heavy atom. The van der Waals surface area contributed by atoms with Gasteiger partial charge in [-0.15, -0.1) is 11.6 Å². The molecular weight excluding hydrogens is 258 g/mol. The van der Waals surface area contributed by atoms with E-state index in [2.05, 4.69) is 12.2 Å². The van der Waals surface area contributed by atoms with Gasteiger partial charge in [0.05, 0.1) is 0 Å². The third-order valence-electron chi connectivity index (χ3n) is 3.47. The molecule has 0 saturated carbocycles. The molecule has 0 fully saturated rings. The largest absolute Gasteiger partial charge is 0.352 e. The lowest BCUT2D eigenvalue weighted by Crippen LogP contribution is -2.30. The van der Waals surface area contributed by atoms with Gasteiger partial charge in [-0.25, -0.2) is 0 Å². The van der Waals surface area contributed by atoms with E-state index in [-0.39, 0.29) is 5.91 Å². The van der Waals surface area contributed by atoms with Crippen LogP contribution in [0.15, 0.2) is 18.2 Å². The summed E-state index contributed by atoms with van der Waals surface area (Å²) in [5.41, 5.74) is 2.87. The molecule has 1 N–H and O–H groups in total. The van der Waals surface area contributed by atoms with E-state index in [9.17, 15) is 4.79 Å². The van der Waals surface area contributed by atoms with Crippen LogP contribution in [0.5, 0.6) is 0 Å². The molecule has 1 atom stereocenters. The van der Waals surface area contributed by atoms with Gasteiger partial charge in [0, 0.05) is 18.0 Å². The molecule has 0 heterocycles. The highest BCUT2D eigenvalue weighted by atomic mass is 35.5. The molecule has 3 heteroatoms. The van der Waals surface area contributed by atoms with Crippen LogP contribution < -0.4 is 5.32 Å². The van der Waals surface area contributed by atoms with Gasteiger partial charge in [0.25, 0.3) is 5.91 Å². The van der Waals surface area contributed by atoms with Crippen molar-refractivity contribution in [1.82, 2.24) is 5.32 Å². The zero-order valence-electron chi connectivity index (χ0n) is 12.1. The van der Waals surface area contributed by atoms with E-state index in [4.69, 9.17) is 11.6 Å². The van der Waals surface area contributed by atoms with Crippen LogP contribution in [0.1, 0.15) is 47.7 Å². The van der Waals surface area contributed by atoms with Crippen molar-refractivity contribution in [2.45, 2.75) is 40.0 Å². The number of carbonyl (C=O) groups is 1. The van der Waals surface area contributed by atoms with Crippen LogP contribution in [0.2, 0.25) is 0 Å². The summed E-state index contributed by atoms with van der Waals surface area (Å²) < 4.78 is 0. The van der Waals surface area contributed by atoms with Crippen molar-refractivity contribution in [3.8, 4) is 0 Å². The van der Waals surface area contributed by atoms with Crippen LogP contribution in [0.4, 0.5) is 0 Å². The van der Waals surface area contributed by atoms with E-state index in [0.717, 1.165) is 36.0 Å². The normalized spacial score (nSPS) is 12.2. The fraction of sp³-hybridized carbons (Fsp3) is 0.562. The first kappa shape index (κ1) is 16.0. The van der Waals surface area contributed by atoms with Crippen LogP contribution >= 0.6 is 11.6 Å². The zero-order chi connectivity index (χ0) is 14.3. The first-order valence-electron chi connectivity index (χ1n) is 7.00. The summed E-state index contributed by atoms with van der Waals surface area (Å²) in [6.45, 7) is 6.83. The third-order valence-corrected chi connectivity index (χ3v) is 3.69. The fourth-order valence-corrected chi connectivity index (χ4v) is 2.72.